The molecule has 0 aliphatic heterocycles. The molecule has 1 saturated carbocycles. The van der Waals surface area contributed by atoms with Crippen LogP contribution in [0, 0.1) is 0 Å². The second-order valence-corrected chi connectivity index (χ2v) is 7.13. The second kappa shape index (κ2) is 9.15. The third-order valence-electron chi connectivity index (χ3n) is 4.98. The van der Waals surface area contributed by atoms with E-state index in [1.165, 1.54) is 29.2 Å². The van der Waals surface area contributed by atoms with Crippen molar-refractivity contribution in [1.29, 1.82) is 0 Å². The number of amides is 2. The number of aromatic carboxylic acids is 1. The van der Waals surface area contributed by atoms with Crippen LogP contribution in [0.4, 0.5) is 23.7 Å². The Morgan fingerprint density at radius 2 is 1.65 bits per heavy atom. The van der Waals surface area contributed by atoms with Crippen LogP contribution >= 0.6 is 0 Å². The molecule has 0 aromatic heterocycles. The molecule has 31 heavy (non-hydrogen) atoms. The van der Waals surface area contributed by atoms with Crippen molar-refractivity contribution in [3.8, 4) is 11.5 Å². The summed E-state index contributed by atoms with van der Waals surface area (Å²) in [6, 6.07) is 10.1. The van der Waals surface area contributed by atoms with Gasteiger partial charge in [0.1, 0.15) is 11.5 Å². The summed E-state index contributed by atoms with van der Waals surface area (Å²) >= 11 is 0. The van der Waals surface area contributed by atoms with E-state index in [2.05, 4.69) is 4.74 Å². The van der Waals surface area contributed by atoms with Crippen LogP contribution in [0.5, 0.6) is 11.5 Å². The SMILES string of the molecule is NC(=O)N(c1cccc(OC(F)(F)F)c1)[C@H]1CC[C@H](Oc2ccc(C(=O)O)cc2)CC1. The van der Waals surface area contributed by atoms with Crippen molar-refractivity contribution in [2.45, 2.75) is 44.2 Å². The molecule has 166 valence electrons. The Labute approximate surface area is 176 Å². The molecule has 1 aliphatic carbocycles. The third-order valence-corrected chi connectivity index (χ3v) is 4.98. The number of carbonyl (C=O) groups excluding carboxylic acids is 1. The molecule has 0 bridgehead atoms. The Morgan fingerprint density at radius 3 is 2.19 bits per heavy atom. The van der Waals surface area contributed by atoms with Gasteiger partial charge in [-0.3, -0.25) is 4.90 Å². The molecule has 0 unspecified atom stereocenters. The number of carboxylic acids is 1. The molecule has 0 atom stereocenters. The van der Waals surface area contributed by atoms with E-state index in [1.54, 1.807) is 12.1 Å². The van der Waals surface area contributed by atoms with Crippen molar-refractivity contribution in [1.82, 2.24) is 0 Å². The molecule has 0 saturated heterocycles. The summed E-state index contributed by atoms with van der Waals surface area (Å²) in [6.45, 7) is 0. The van der Waals surface area contributed by atoms with Crippen molar-refractivity contribution in [3.05, 3.63) is 54.1 Å². The molecular weight excluding hydrogens is 417 g/mol. The lowest BCUT2D eigenvalue weighted by molar-refractivity contribution is -0.274. The number of anilines is 1. The molecule has 2 aromatic carbocycles. The Morgan fingerprint density at radius 1 is 1.00 bits per heavy atom. The highest BCUT2D eigenvalue weighted by Gasteiger charge is 2.33. The van der Waals surface area contributed by atoms with Gasteiger partial charge in [-0.15, -0.1) is 13.2 Å². The summed E-state index contributed by atoms with van der Waals surface area (Å²) in [4.78, 5) is 24.3. The molecule has 1 fully saturated rings. The largest absolute Gasteiger partial charge is 0.573 e. The zero-order valence-electron chi connectivity index (χ0n) is 16.3. The maximum atomic E-state index is 12.5. The van der Waals surface area contributed by atoms with Gasteiger partial charge in [0.2, 0.25) is 0 Å². The molecule has 0 heterocycles. The number of hydrogen-bond acceptors (Lipinski definition) is 4. The van der Waals surface area contributed by atoms with Crippen molar-refractivity contribution in [3.63, 3.8) is 0 Å². The number of urea groups is 1. The van der Waals surface area contributed by atoms with E-state index in [0.29, 0.717) is 31.4 Å². The molecule has 0 spiro atoms. The van der Waals surface area contributed by atoms with Gasteiger partial charge in [0.05, 0.1) is 11.7 Å². The van der Waals surface area contributed by atoms with E-state index in [4.69, 9.17) is 15.6 Å². The molecule has 10 heteroatoms. The topological polar surface area (TPSA) is 102 Å². The molecule has 2 amide bonds. The minimum Gasteiger partial charge on any atom is -0.490 e. The summed E-state index contributed by atoms with van der Waals surface area (Å²) in [5.74, 6) is -0.918. The lowest BCUT2D eigenvalue weighted by Gasteiger charge is -2.36. The number of carbonyl (C=O) groups is 2. The predicted molar refractivity (Wildman–Crippen MR) is 105 cm³/mol. The second-order valence-electron chi connectivity index (χ2n) is 7.13. The van der Waals surface area contributed by atoms with Gasteiger partial charge in [-0.05, 0) is 62.1 Å². The Kier molecular flexibility index (Phi) is 6.57. The van der Waals surface area contributed by atoms with Crippen LogP contribution in [0.15, 0.2) is 48.5 Å². The van der Waals surface area contributed by atoms with Crippen LogP contribution in [0.1, 0.15) is 36.0 Å². The van der Waals surface area contributed by atoms with Gasteiger partial charge in [0.25, 0.3) is 0 Å². The minimum absolute atomic E-state index is 0.137. The van der Waals surface area contributed by atoms with E-state index >= 15 is 0 Å². The number of alkyl halides is 3. The van der Waals surface area contributed by atoms with Crippen molar-refractivity contribution < 1.29 is 37.3 Å². The lowest BCUT2D eigenvalue weighted by atomic mass is 9.91. The number of nitrogens with two attached hydrogens (primary N) is 1. The summed E-state index contributed by atoms with van der Waals surface area (Å²) < 4.78 is 47.3. The third kappa shape index (κ3) is 6.03. The maximum Gasteiger partial charge on any atom is 0.573 e. The fourth-order valence-corrected chi connectivity index (χ4v) is 3.64. The predicted octanol–water partition coefficient (Wildman–Crippen LogP) is 4.56. The molecule has 1 aliphatic rings. The van der Waals surface area contributed by atoms with Gasteiger partial charge in [-0.1, -0.05) is 6.07 Å². The van der Waals surface area contributed by atoms with Crippen LogP contribution in [0.2, 0.25) is 0 Å². The quantitative estimate of drug-likeness (QED) is 0.689. The molecular formula is C21H21F3N2O5. The first-order chi connectivity index (χ1) is 14.6. The van der Waals surface area contributed by atoms with Crippen LogP contribution < -0.4 is 20.1 Å². The fourth-order valence-electron chi connectivity index (χ4n) is 3.64. The number of primary amides is 1. The van der Waals surface area contributed by atoms with Crippen molar-refractivity contribution >= 4 is 17.7 Å². The number of carboxylic acid groups (broad SMARTS) is 1. The summed E-state index contributed by atoms with van der Waals surface area (Å²) in [7, 11) is 0. The van der Waals surface area contributed by atoms with Gasteiger partial charge in [-0.2, -0.15) is 0 Å². The highest BCUT2D eigenvalue weighted by atomic mass is 19.4. The monoisotopic (exact) mass is 438 g/mol. The molecule has 7 nitrogen and oxygen atoms in total. The number of halogens is 3. The first-order valence-electron chi connectivity index (χ1n) is 9.57. The van der Waals surface area contributed by atoms with Crippen molar-refractivity contribution in [2.75, 3.05) is 4.90 Å². The zero-order chi connectivity index (χ0) is 22.6. The smallest absolute Gasteiger partial charge is 0.490 e. The Hall–Kier alpha value is -3.43. The van der Waals surface area contributed by atoms with Gasteiger partial charge < -0.3 is 20.3 Å². The Balaban J connectivity index is 1.64. The highest BCUT2D eigenvalue weighted by Crippen LogP contribution is 2.32. The number of ether oxygens (including phenoxy) is 2. The van der Waals surface area contributed by atoms with E-state index < -0.39 is 24.1 Å². The van der Waals surface area contributed by atoms with Crippen LogP contribution in [-0.4, -0.2) is 35.6 Å². The first-order valence-corrected chi connectivity index (χ1v) is 9.57. The minimum atomic E-state index is -4.84. The first kappa shape index (κ1) is 22.3. The maximum absolute atomic E-state index is 12.5. The Bertz CT molecular complexity index is 925. The average Bonchev–Trinajstić information content (AvgIpc) is 2.69. The molecule has 0 radical (unpaired) electrons. The normalized spacial score (nSPS) is 18.8. The molecule has 3 rings (SSSR count). The van der Waals surface area contributed by atoms with E-state index in [1.807, 2.05) is 0 Å². The van der Waals surface area contributed by atoms with Gasteiger partial charge in [0, 0.05) is 17.8 Å². The fraction of sp³-hybridized carbons (Fsp3) is 0.333. The van der Waals surface area contributed by atoms with Crippen LogP contribution in [0.3, 0.4) is 0 Å². The van der Waals surface area contributed by atoms with Crippen molar-refractivity contribution in [2.24, 2.45) is 5.73 Å². The van der Waals surface area contributed by atoms with Gasteiger partial charge in [0.15, 0.2) is 0 Å². The van der Waals surface area contributed by atoms with E-state index in [0.717, 1.165) is 12.1 Å². The van der Waals surface area contributed by atoms with Crippen LogP contribution in [-0.2, 0) is 0 Å². The van der Waals surface area contributed by atoms with E-state index in [-0.39, 0.29) is 23.4 Å². The zero-order valence-corrected chi connectivity index (χ0v) is 16.3. The average molecular weight is 438 g/mol. The number of benzene rings is 2. The summed E-state index contributed by atoms with van der Waals surface area (Å²) in [5, 5.41) is 8.94. The standard InChI is InChI=1S/C21H21F3N2O5/c22-21(23,24)31-18-3-1-2-15(12-18)26(20(25)29)14-6-10-17(11-7-14)30-16-8-4-13(5-9-16)19(27)28/h1-5,8-9,12,14,17H,6-7,10-11H2,(H2,25,29)(H,27,28)/t14-,17-. The molecule has 2 aromatic rings. The number of rotatable bonds is 6. The van der Waals surface area contributed by atoms with Gasteiger partial charge >= 0.3 is 18.4 Å². The molecule has 3 N–H and O–H groups in total. The summed E-state index contributed by atoms with van der Waals surface area (Å²) in [6.07, 6.45) is -2.73. The highest BCUT2D eigenvalue weighted by molar-refractivity contribution is 5.91. The lowest BCUT2D eigenvalue weighted by Crippen LogP contribution is -2.46. The summed E-state index contributed by atoms with van der Waals surface area (Å²) in [5.41, 5.74) is 5.90. The number of nitrogens with zero attached hydrogens (tertiary/aromatic N) is 1. The van der Waals surface area contributed by atoms with E-state index in [9.17, 15) is 22.8 Å². The van der Waals surface area contributed by atoms with Crippen LogP contribution in [0.25, 0.3) is 0 Å². The number of hydrogen-bond donors (Lipinski definition) is 2. The van der Waals surface area contributed by atoms with Gasteiger partial charge in [-0.25, -0.2) is 9.59 Å².